The highest BCUT2D eigenvalue weighted by Crippen LogP contribution is 2.30. The van der Waals surface area contributed by atoms with E-state index in [1.807, 2.05) is 0 Å². The van der Waals surface area contributed by atoms with E-state index in [4.69, 9.17) is 0 Å². The number of ether oxygens (including phenoxy) is 2. The number of carbonyl (C=O) groups excluding carboxylic acids is 2. The van der Waals surface area contributed by atoms with E-state index < -0.39 is 38.1 Å². The van der Waals surface area contributed by atoms with Crippen molar-refractivity contribution in [3.63, 3.8) is 0 Å². The fourth-order valence-corrected chi connectivity index (χ4v) is 2.58. The molecule has 0 spiro atoms. The molecule has 0 radical (unpaired) electrons. The molecule has 13 nitrogen and oxygen atoms in total. The van der Waals surface area contributed by atoms with Gasteiger partial charge in [-0.1, -0.05) is 0 Å². The van der Waals surface area contributed by atoms with Crippen molar-refractivity contribution in [1.82, 2.24) is 0 Å². The monoisotopic (exact) mass is 487 g/mol. The van der Waals surface area contributed by atoms with E-state index in [-0.39, 0.29) is 5.69 Å². The van der Waals surface area contributed by atoms with Crippen molar-refractivity contribution in [3.05, 3.63) is 95.1 Å². The van der Waals surface area contributed by atoms with Gasteiger partial charge in [-0.25, -0.2) is 9.59 Å². The Morgan fingerprint density at radius 3 is 1.60 bits per heavy atom. The molecule has 184 valence electrons. The molecular weight excluding hydrogens is 466 g/mol. The van der Waals surface area contributed by atoms with E-state index >= 15 is 0 Å². The van der Waals surface area contributed by atoms with Gasteiger partial charge in [0.1, 0.15) is 0 Å². The molecule has 0 aliphatic rings. The van der Waals surface area contributed by atoms with Crippen molar-refractivity contribution >= 4 is 41.2 Å². The fourth-order valence-electron chi connectivity index (χ4n) is 2.58. The maximum atomic E-state index is 10.9. The Bertz CT molecular complexity index is 1220. The van der Waals surface area contributed by atoms with E-state index in [2.05, 4.69) is 9.47 Å². The molecular formula is C22H21N3O10. The quantitative estimate of drug-likeness (QED) is 0.239. The smallest absolute Gasteiger partial charge is 0.346 e. The van der Waals surface area contributed by atoms with E-state index in [0.29, 0.717) is 11.1 Å². The zero-order valence-electron chi connectivity index (χ0n) is 19.1. The van der Waals surface area contributed by atoms with Crippen LogP contribution >= 0.6 is 0 Å². The minimum Gasteiger partial charge on any atom is -0.466 e. The molecule has 0 fully saturated rings. The van der Waals surface area contributed by atoms with Gasteiger partial charge in [-0.3, -0.25) is 30.3 Å². The molecule has 0 saturated carbocycles. The third-order valence-electron chi connectivity index (χ3n) is 4.42. The first-order valence-corrected chi connectivity index (χ1v) is 9.61. The molecule has 0 amide bonds. The third-order valence-corrected chi connectivity index (χ3v) is 4.42. The third kappa shape index (κ3) is 8.49. The van der Waals surface area contributed by atoms with Crippen LogP contribution in [0.3, 0.4) is 0 Å². The van der Waals surface area contributed by atoms with Gasteiger partial charge >= 0.3 is 23.3 Å². The lowest BCUT2D eigenvalue weighted by atomic mass is 10.1. The molecule has 0 aliphatic heterocycles. The highest BCUT2D eigenvalue weighted by molar-refractivity contribution is 5.88. The van der Waals surface area contributed by atoms with Gasteiger partial charge in [-0.15, -0.1) is 0 Å². The van der Waals surface area contributed by atoms with Crippen LogP contribution in [-0.2, 0) is 19.1 Å². The average Bonchev–Trinajstić information content (AvgIpc) is 2.81. The standard InChI is InChI=1S/C11H10N2O6.C11H11NO4/c1-7-5-9(12(15)16)10(13(17)18)6-8(7)3-4-11(14)19-2;1-8-7-10(12(14)15)5-3-9(8)4-6-11(13)16-2/h3-6H,1-2H3;3-7H,1-2H3/b4-3+;6-4+. The van der Waals surface area contributed by atoms with Crippen LogP contribution in [0.4, 0.5) is 17.1 Å². The number of hydrogen-bond donors (Lipinski definition) is 0. The van der Waals surface area contributed by atoms with Crippen molar-refractivity contribution in [2.75, 3.05) is 14.2 Å². The zero-order chi connectivity index (χ0) is 26.7. The number of rotatable bonds is 7. The predicted octanol–water partition coefficient (Wildman–Crippen LogP) is 4.09. The van der Waals surface area contributed by atoms with Crippen molar-refractivity contribution in [2.24, 2.45) is 0 Å². The zero-order valence-corrected chi connectivity index (χ0v) is 19.1. The van der Waals surface area contributed by atoms with Crippen molar-refractivity contribution < 1.29 is 33.8 Å². The second-order valence-corrected chi connectivity index (χ2v) is 6.72. The maximum absolute atomic E-state index is 10.9. The Balaban J connectivity index is 0.000000355. The van der Waals surface area contributed by atoms with Gasteiger partial charge in [0.25, 0.3) is 5.69 Å². The fraction of sp³-hybridized carbons (Fsp3) is 0.182. The van der Waals surface area contributed by atoms with Gasteiger partial charge in [0, 0.05) is 36.4 Å². The van der Waals surface area contributed by atoms with E-state index in [0.717, 1.165) is 29.3 Å². The lowest BCUT2D eigenvalue weighted by molar-refractivity contribution is -0.422. The molecule has 13 heteroatoms. The summed E-state index contributed by atoms with van der Waals surface area (Å²) in [5.41, 5.74) is 1.08. The van der Waals surface area contributed by atoms with Crippen LogP contribution in [0, 0.1) is 44.2 Å². The lowest BCUT2D eigenvalue weighted by Gasteiger charge is -2.01. The lowest BCUT2D eigenvalue weighted by Crippen LogP contribution is -1.99. The first-order chi connectivity index (χ1) is 16.4. The molecule has 0 aromatic heterocycles. The van der Waals surface area contributed by atoms with Gasteiger partial charge < -0.3 is 9.47 Å². The maximum Gasteiger partial charge on any atom is 0.346 e. The van der Waals surface area contributed by atoms with Crippen molar-refractivity contribution in [1.29, 1.82) is 0 Å². The summed E-state index contributed by atoms with van der Waals surface area (Å²) in [6, 6.07) is 6.58. The van der Waals surface area contributed by atoms with Crippen LogP contribution in [0.1, 0.15) is 22.3 Å². The molecule has 0 unspecified atom stereocenters. The summed E-state index contributed by atoms with van der Waals surface area (Å²) in [6.07, 6.45) is 5.22. The normalized spacial score (nSPS) is 10.4. The van der Waals surface area contributed by atoms with Crippen LogP contribution in [0.2, 0.25) is 0 Å². The Labute approximate surface area is 198 Å². The number of nitro benzene ring substituents is 3. The van der Waals surface area contributed by atoms with Gasteiger partial charge in [0.2, 0.25) is 0 Å². The van der Waals surface area contributed by atoms with Crippen molar-refractivity contribution in [3.8, 4) is 0 Å². The number of nitro groups is 3. The number of esters is 2. The number of nitrogens with zero attached hydrogens (tertiary/aromatic N) is 3. The molecule has 0 aliphatic carbocycles. The number of benzene rings is 2. The van der Waals surface area contributed by atoms with Crippen LogP contribution < -0.4 is 0 Å². The molecule has 0 atom stereocenters. The Kier molecular flexibility index (Phi) is 10.4. The number of carbonyl (C=O) groups is 2. The summed E-state index contributed by atoms with van der Waals surface area (Å²) in [7, 11) is 2.48. The molecule has 0 bridgehead atoms. The Hall–Kier alpha value is -4.94. The SMILES string of the molecule is COC(=O)/C=C/c1cc([N+](=O)[O-])c([N+](=O)[O-])cc1C.COC(=O)/C=C/c1ccc([N+](=O)[O-])cc1C. The highest BCUT2D eigenvalue weighted by Gasteiger charge is 2.25. The second kappa shape index (κ2) is 12.9. The molecule has 2 rings (SSSR count). The molecule has 2 aromatic carbocycles. The summed E-state index contributed by atoms with van der Waals surface area (Å²) >= 11 is 0. The Morgan fingerprint density at radius 2 is 1.17 bits per heavy atom. The van der Waals surface area contributed by atoms with Crippen molar-refractivity contribution in [2.45, 2.75) is 13.8 Å². The average molecular weight is 487 g/mol. The largest absolute Gasteiger partial charge is 0.466 e. The number of hydrogen-bond acceptors (Lipinski definition) is 10. The van der Waals surface area contributed by atoms with Crippen LogP contribution in [-0.4, -0.2) is 40.9 Å². The van der Waals surface area contributed by atoms with Gasteiger partial charge in [0.05, 0.1) is 29.0 Å². The van der Waals surface area contributed by atoms with Gasteiger partial charge in [-0.05, 0) is 54.3 Å². The predicted molar refractivity (Wildman–Crippen MR) is 124 cm³/mol. The molecule has 2 aromatic rings. The summed E-state index contributed by atoms with van der Waals surface area (Å²) in [5.74, 6) is -1.09. The number of non-ortho nitro benzene ring substituents is 1. The molecule has 0 saturated heterocycles. The van der Waals surface area contributed by atoms with E-state index in [9.17, 15) is 39.9 Å². The molecule has 0 N–H and O–H groups in total. The van der Waals surface area contributed by atoms with E-state index in [1.54, 1.807) is 26.0 Å². The first-order valence-electron chi connectivity index (χ1n) is 9.61. The minimum atomic E-state index is -0.840. The molecule has 35 heavy (non-hydrogen) atoms. The second-order valence-electron chi connectivity index (χ2n) is 6.72. The topological polar surface area (TPSA) is 182 Å². The summed E-state index contributed by atoms with van der Waals surface area (Å²) in [5, 5.41) is 32.0. The number of methoxy groups -OCH3 is 2. The van der Waals surface area contributed by atoms with E-state index in [1.165, 1.54) is 38.5 Å². The number of aryl methyl sites for hydroxylation is 2. The first kappa shape index (κ1) is 28.1. The molecule has 0 heterocycles. The van der Waals surface area contributed by atoms with Crippen LogP contribution in [0.15, 0.2) is 42.5 Å². The summed E-state index contributed by atoms with van der Waals surface area (Å²) in [4.78, 5) is 51.6. The van der Waals surface area contributed by atoms with Crippen LogP contribution in [0.25, 0.3) is 12.2 Å². The minimum absolute atomic E-state index is 0.0349. The summed E-state index contributed by atoms with van der Waals surface area (Å²) in [6.45, 7) is 3.29. The Morgan fingerprint density at radius 1 is 0.714 bits per heavy atom. The van der Waals surface area contributed by atoms with Gasteiger partial charge in [-0.2, -0.15) is 0 Å². The van der Waals surface area contributed by atoms with Crippen LogP contribution in [0.5, 0.6) is 0 Å². The highest BCUT2D eigenvalue weighted by atomic mass is 16.6. The van der Waals surface area contributed by atoms with Gasteiger partial charge in [0.15, 0.2) is 0 Å². The summed E-state index contributed by atoms with van der Waals surface area (Å²) < 4.78 is 8.82.